The van der Waals surface area contributed by atoms with E-state index in [1.807, 2.05) is 36.2 Å². The predicted octanol–water partition coefficient (Wildman–Crippen LogP) is 2.32. The van der Waals surface area contributed by atoms with E-state index in [0.29, 0.717) is 18.2 Å². The number of nitrogens with zero attached hydrogens (tertiary/aromatic N) is 3. The van der Waals surface area contributed by atoms with Crippen LogP contribution in [0.3, 0.4) is 0 Å². The molecular weight excluding hydrogens is 268 g/mol. The van der Waals surface area contributed by atoms with Crippen LogP contribution in [0.5, 0.6) is 0 Å². The van der Waals surface area contributed by atoms with Gasteiger partial charge >= 0.3 is 5.69 Å². The van der Waals surface area contributed by atoms with Crippen molar-refractivity contribution in [2.75, 3.05) is 18.5 Å². The normalized spacial score (nSPS) is 15.9. The van der Waals surface area contributed by atoms with Gasteiger partial charge in [0.05, 0.1) is 10.4 Å². The Morgan fingerprint density at radius 2 is 2.19 bits per heavy atom. The van der Waals surface area contributed by atoms with Crippen LogP contribution in [0.2, 0.25) is 0 Å². The van der Waals surface area contributed by atoms with Gasteiger partial charge in [-0.2, -0.15) is 0 Å². The van der Waals surface area contributed by atoms with Crippen molar-refractivity contribution in [1.82, 2.24) is 4.98 Å². The van der Waals surface area contributed by atoms with Crippen LogP contribution < -0.4 is 10.6 Å². The molecule has 6 heteroatoms. The molecule has 0 bridgehead atoms. The lowest BCUT2D eigenvalue weighted by atomic mass is 10.1. The maximum absolute atomic E-state index is 11.4. The Bertz CT molecular complexity index is 684. The van der Waals surface area contributed by atoms with Crippen molar-refractivity contribution in [3.05, 3.63) is 40.6 Å². The predicted molar refractivity (Wildman–Crippen MR) is 82.4 cm³/mol. The molecule has 0 amide bonds. The van der Waals surface area contributed by atoms with Crippen LogP contribution in [0, 0.1) is 16.0 Å². The standard InChI is InChI=1S/C15H18N4O2/c1-18(13(8-16)10-6-7-10)15-11-4-2-3-5-12(11)17-9-14(15)19(20)21/h2-5,9-10,13H,6-8,16H2,1H3. The highest BCUT2D eigenvalue weighted by Gasteiger charge is 2.35. The third-order valence-corrected chi connectivity index (χ3v) is 4.18. The number of pyridine rings is 1. The van der Waals surface area contributed by atoms with Gasteiger partial charge in [0.1, 0.15) is 11.9 Å². The molecule has 1 aliphatic rings. The fraction of sp³-hybridized carbons (Fsp3) is 0.400. The van der Waals surface area contributed by atoms with E-state index < -0.39 is 0 Å². The Morgan fingerprint density at radius 3 is 2.81 bits per heavy atom. The van der Waals surface area contributed by atoms with E-state index in [9.17, 15) is 10.1 Å². The summed E-state index contributed by atoms with van der Waals surface area (Å²) in [6.45, 7) is 0.495. The molecule has 0 aliphatic heterocycles. The van der Waals surface area contributed by atoms with Crippen molar-refractivity contribution in [2.45, 2.75) is 18.9 Å². The highest BCUT2D eigenvalue weighted by atomic mass is 16.6. The molecule has 2 aromatic rings. The van der Waals surface area contributed by atoms with E-state index in [-0.39, 0.29) is 16.7 Å². The molecule has 1 saturated carbocycles. The summed E-state index contributed by atoms with van der Waals surface area (Å²) in [7, 11) is 1.89. The number of rotatable bonds is 5. The number of nitro groups is 1. The van der Waals surface area contributed by atoms with Gasteiger partial charge in [-0.1, -0.05) is 18.2 Å². The van der Waals surface area contributed by atoms with Crippen LogP contribution in [0.25, 0.3) is 10.9 Å². The Labute approximate surface area is 122 Å². The molecule has 110 valence electrons. The van der Waals surface area contributed by atoms with Gasteiger partial charge < -0.3 is 10.6 Å². The highest BCUT2D eigenvalue weighted by Crippen LogP contribution is 2.40. The van der Waals surface area contributed by atoms with Crippen molar-refractivity contribution >= 4 is 22.3 Å². The topological polar surface area (TPSA) is 85.3 Å². The first-order valence-corrected chi connectivity index (χ1v) is 7.08. The van der Waals surface area contributed by atoms with Gasteiger partial charge in [-0.05, 0) is 24.8 Å². The summed E-state index contributed by atoms with van der Waals surface area (Å²) in [5.41, 5.74) is 7.31. The summed E-state index contributed by atoms with van der Waals surface area (Å²) in [5.74, 6) is 0.534. The van der Waals surface area contributed by atoms with Crippen molar-refractivity contribution < 1.29 is 4.92 Å². The Kier molecular flexibility index (Phi) is 3.47. The smallest absolute Gasteiger partial charge is 0.311 e. The van der Waals surface area contributed by atoms with Crippen molar-refractivity contribution in [1.29, 1.82) is 0 Å². The van der Waals surface area contributed by atoms with Gasteiger partial charge in [0.15, 0.2) is 0 Å². The van der Waals surface area contributed by atoms with Crippen LogP contribution in [-0.4, -0.2) is 29.5 Å². The summed E-state index contributed by atoms with van der Waals surface area (Å²) in [6.07, 6.45) is 3.63. The van der Waals surface area contributed by atoms with E-state index >= 15 is 0 Å². The van der Waals surface area contributed by atoms with Gasteiger partial charge in [0.2, 0.25) is 0 Å². The summed E-state index contributed by atoms with van der Waals surface area (Å²) in [6, 6.07) is 7.63. The first kappa shape index (κ1) is 13.8. The molecule has 0 spiro atoms. The molecule has 1 unspecified atom stereocenters. The van der Waals surface area contributed by atoms with Crippen LogP contribution in [0.15, 0.2) is 30.5 Å². The average molecular weight is 286 g/mol. The zero-order valence-electron chi connectivity index (χ0n) is 11.9. The number of likely N-dealkylation sites (N-methyl/N-ethyl adjacent to an activating group) is 1. The summed E-state index contributed by atoms with van der Waals surface area (Å²) in [4.78, 5) is 17.2. The first-order chi connectivity index (χ1) is 10.1. The number of aromatic nitrogens is 1. The molecule has 1 aromatic carbocycles. The average Bonchev–Trinajstić information content (AvgIpc) is 3.31. The third-order valence-electron chi connectivity index (χ3n) is 4.18. The summed E-state index contributed by atoms with van der Waals surface area (Å²) >= 11 is 0. The first-order valence-electron chi connectivity index (χ1n) is 7.08. The maximum atomic E-state index is 11.4. The third kappa shape index (κ3) is 2.42. The van der Waals surface area contributed by atoms with Crippen LogP contribution >= 0.6 is 0 Å². The number of nitrogens with two attached hydrogens (primary N) is 1. The number of fused-ring (bicyclic) bond motifs is 1. The molecule has 2 N–H and O–H groups in total. The fourth-order valence-electron chi connectivity index (χ4n) is 2.93. The van der Waals surface area contributed by atoms with Crippen LogP contribution in [-0.2, 0) is 0 Å². The molecule has 0 saturated heterocycles. The van der Waals surface area contributed by atoms with Gasteiger partial charge in [-0.15, -0.1) is 0 Å². The molecule has 6 nitrogen and oxygen atoms in total. The van der Waals surface area contributed by atoms with E-state index in [4.69, 9.17) is 5.73 Å². The minimum absolute atomic E-state index is 0.0373. The largest absolute Gasteiger partial charge is 0.364 e. The van der Waals surface area contributed by atoms with Crippen molar-refractivity contribution in [2.24, 2.45) is 11.7 Å². The highest BCUT2D eigenvalue weighted by molar-refractivity contribution is 5.96. The zero-order valence-corrected chi connectivity index (χ0v) is 11.9. The van der Waals surface area contributed by atoms with E-state index in [2.05, 4.69) is 4.98 Å². The van der Waals surface area contributed by atoms with Crippen molar-refractivity contribution in [3.8, 4) is 0 Å². The number of hydrogen-bond acceptors (Lipinski definition) is 5. The minimum atomic E-state index is -0.369. The van der Waals surface area contributed by atoms with Gasteiger partial charge in [-0.25, -0.2) is 4.98 Å². The van der Waals surface area contributed by atoms with Crippen LogP contribution in [0.1, 0.15) is 12.8 Å². The molecule has 1 heterocycles. The second kappa shape index (κ2) is 5.29. The monoisotopic (exact) mass is 286 g/mol. The second-order valence-corrected chi connectivity index (χ2v) is 5.52. The SMILES string of the molecule is CN(c1c([N+](=O)[O-])cnc2ccccc12)C(CN)C1CC1. The zero-order chi connectivity index (χ0) is 15.0. The van der Waals surface area contributed by atoms with E-state index in [1.165, 1.54) is 6.20 Å². The fourth-order valence-corrected chi connectivity index (χ4v) is 2.93. The van der Waals surface area contributed by atoms with Gasteiger partial charge in [0, 0.05) is 25.0 Å². The molecule has 1 aliphatic carbocycles. The molecule has 1 atom stereocenters. The van der Waals surface area contributed by atoms with Gasteiger partial charge in [-0.3, -0.25) is 10.1 Å². The molecular formula is C15H18N4O2. The Balaban J connectivity index is 2.17. The summed E-state index contributed by atoms with van der Waals surface area (Å²) < 4.78 is 0. The number of para-hydroxylation sites is 1. The minimum Gasteiger partial charge on any atom is -0.364 e. The van der Waals surface area contributed by atoms with Crippen LogP contribution in [0.4, 0.5) is 11.4 Å². The van der Waals surface area contributed by atoms with E-state index in [0.717, 1.165) is 23.7 Å². The molecule has 0 radical (unpaired) electrons. The lowest BCUT2D eigenvalue weighted by Gasteiger charge is -2.29. The van der Waals surface area contributed by atoms with Crippen molar-refractivity contribution in [3.63, 3.8) is 0 Å². The molecule has 3 rings (SSSR count). The quantitative estimate of drug-likeness (QED) is 0.673. The molecule has 21 heavy (non-hydrogen) atoms. The van der Waals surface area contributed by atoms with E-state index in [1.54, 1.807) is 0 Å². The number of benzene rings is 1. The summed E-state index contributed by atoms with van der Waals surface area (Å²) in [5, 5.41) is 12.2. The lowest BCUT2D eigenvalue weighted by Crippen LogP contribution is -2.40. The molecule has 1 fully saturated rings. The second-order valence-electron chi connectivity index (χ2n) is 5.52. The number of anilines is 1. The number of hydrogen-bond donors (Lipinski definition) is 1. The Hall–Kier alpha value is -2.21. The lowest BCUT2D eigenvalue weighted by molar-refractivity contribution is -0.384. The Morgan fingerprint density at radius 1 is 1.48 bits per heavy atom. The maximum Gasteiger partial charge on any atom is 0.311 e. The van der Waals surface area contributed by atoms with Gasteiger partial charge in [0.25, 0.3) is 0 Å². The molecule has 1 aromatic heterocycles.